The first kappa shape index (κ1) is 17.2. The lowest BCUT2D eigenvalue weighted by Gasteiger charge is -2.10. The molecule has 1 aromatic heterocycles. The van der Waals surface area contributed by atoms with Gasteiger partial charge < -0.3 is 9.72 Å². The molecule has 0 aliphatic heterocycles. The van der Waals surface area contributed by atoms with Crippen LogP contribution in [-0.4, -0.2) is 22.8 Å². The maximum absolute atomic E-state index is 12.5. The number of aromatic nitrogens is 1. The Labute approximate surface area is 150 Å². The van der Waals surface area contributed by atoms with E-state index in [2.05, 4.69) is 4.98 Å². The Bertz CT molecular complexity index is 1020. The molecule has 0 aliphatic rings. The molecular weight excluding hydrogens is 328 g/mol. The zero-order valence-electron chi connectivity index (χ0n) is 14.1. The fraction of sp³-hybridized carbons (Fsp3) is 0.0952. The number of Topliss-reactive ketones (excluding diaryl/α,β-unsaturated/α-hetero) is 1. The van der Waals surface area contributed by atoms with Crippen LogP contribution in [0.25, 0.3) is 17.0 Å². The molecule has 26 heavy (non-hydrogen) atoms. The lowest BCUT2D eigenvalue weighted by atomic mass is 10.1. The van der Waals surface area contributed by atoms with Gasteiger partial charge in [-0.15, -0.1) is 0 Å². The largest absolute Gasteiger partial charge is 0.451 e. The van der Waals surface area contributed by atoms with Gasteiger partial charge in [0.05, 0.1) is 11.6 Å². The molecule has 0 amide bonds. The fourth-order valence-corrected chi connectivity index (χ4v) is 2.59. The second kappa shape index (κ2) is 7.49. The molecule has 1 heterocycles. The van der Waals surface area contributed by atoms with Crippen LogP contribution < -0.4 is 0 Å². The van der Waals surface area contributed by atoms with Crippen molar-refractivity contribution < 1.29 is 14.3 Å². The van der Waals surface area contributed by atoms with Gasteiger partial charge in [0.2, 0.25) is 5.78 Å². The lowest BCUT2D eigenvalue weighted by Crippen LogP contribution is -2.23. The van der Waals surface area contributed by atoms with E-state index in [1.54, 1.807) is 43.5 Å². The van der Waals surface area contributed by atoms with Crippen molar-refractivity contribution in [3.63, 3.8) is 0 Å². The van der Waals surface area contributed by atoms with Crippen LogP contribution in [0.4, 0.5) is 0 Å². The normalized spacial score (nSPS) is 12.0. The third kappa shape index (κ3) is 3.70. The fourth-order valence-electron chi connectivity index (χ4n) is 2.59. The Balaban J connectivity index is 1.65. The highest BCUT2D eigenvalue weighted by Gasteiger charge is 2.21. The average molecular weight is 344 g/mol. The van der Waals surface area contributed by atoms with Crippen molar-refractivity contribution >= 4 is 28.7 Å². The van der Waals surface area contributed by atoms with Gasteiger partial charge in [-0.25, -0.2) is 4.79 Å². The standard InChI is InChI=1S/C21H16N2O3/c1-14(21(25)18-13-23-19-5-3-2-4-17(18)19)26-20(24)11-10-15-6-8-16(12-22)9-7-15/h2-11,13-14,23H,1H3/b11-10+/t14-/m1/s1. The minimum atomic E-state index is -0.896. The second-order valence-corrected chi connectivity index (χ2v) is 5.76. The molecule has 0 radical (unpaired) electrons. The molecule has 5 heteroatoms. The molecule has 3 aromatic rings. The molecule has 2 aromatic carbocycles. The van der Waals surface area contributed by atoms with E-state index in [4.69, 9.17) is 10.00 Å². The first-order valence-electron chi connectivity index (χ1n) is 8.07. The molecule has 0 fully saturated rings. The van der Waals surface area contributed by atoms with Crippen molar-refractivity contribution in [1.82, 2.24) is 4.98 Å². The number of carbonyl (C=O) groups is 2. The van der Waals surface area contributed by atoms with E-state index in [9.17, 15) is 9.59 Å². The summed E-state index contributed by atoms with van der Waals surface area (Å²) in [5.41, 5.74) is 2.66. The third-order valence-corrected chi connectivity index (χ3v) is 3.97. The zero-order valence-corrected chi connectivity index (χ0v) is 14.1. The van der Waals surface area contributed by atoms with Crippen molar-refractivity contribution in [2.24, 2.45) is 0 Å². The predicted molar refractivity (Wildman–Crippen MR) is 98.4 cm³/mol. The summed E-state index contributed by atoms with van der Waals surface area (Å²) in [7, 11) is 0. The molecule has 0 saturated carbocycles. The highest BCUT2D eigenvalue weighted by Crippen LogP contribution is 2.20. The Hall–Kier alpha value is -3.65. The molecular formula is C21H16N2O3. The Morgan fingerprint density at radius 2 is 1.88 bits per heavy atom. The number of aromatic amines is 1. The molecule has 0 spiro atoms. The summed E-state index contributed by atoms with van der Waals surface area (Å²) in [5, 5.41) is 9.57. The number of benzene rings is 2. The van der Waals surface area contributed by atoms with E-state index < -0.39 is 12.1 Å². The minimum Gasteiger partial charge on any atom is -0.451 e. The topological polar surface area (TPSA) is 82.9 Å². The van der Waals surface area contributed by atoms with Gasteiger partial charge in [-0.1, -0.05) is 30.3 Å². The summed E-state index contributed by atoms with van der Waals surface area (Å²) in [6, 6.07) is 16.3. The van der Waals surface area contributed by atoms with Gasteiger partial charge >= 0.3 is 5.97 Å². The summed E-state index contributed by atoms with van der Waals surface area (Å²) in [6.45, 7) is 1.55. The molecule has 0 unspecified atom stereocenters. The molecule has 128 valence electrons. The number of fused-ring (bicyclic) bond motifs is 1. The number of nitrogens with one attached hydrogen (secondary N) is 1. The molecule has 5 nitrogen and oxygen atoms in total. The van der Waals surface area contributed by atoms with Crippen molar-refractivity contribution in [2.75, 3.05) is 0 Å². The first-order valence-corrected chi connectivity index (χ1v) is 8.07. The number of nitriles is 1. The van der Waals surface area contributed by atoms with Crippen LogP contribution in [0.3, 0.4) is 0 Å². The smallest absolute Gasteiger partial charge is 0.331 e. The van der Waals surface area contributed by atoms with E-state index in [1.807, 2.05) is 30.3 Å². The number of hydrogen-bond acceptors (Lipinski definition) is 4. The Morgan fingerprint density at radius 1 is 1.15 bits per heavy atom. The Kier molecular flexibility index (Phi) is 4.95. The summed E-state index contributed by atoms with van der Waals surface area (Å²) in [5.74, 6) is -0.863. The second-order valence-electron chi connectivity index (χ2n) is 5.76. The molecule has 3 rings (SSSR count). The van der Waals surface area contributed by atoms with Crippen LogP contribution in [0.1, 0.15) is 28.4 Å². The van der Waals surface area contributed by atoms with Crippen LogP contribution in [0, 0.1) is 11.3 Å². The van der Waals surface area contributed by atoms with E-state index in [-0.39, 0.29) is 5.78 Å². The summed E-state index contributed by atoms with van der Waals surface area (Å²) in [4.78, 5) is 27.5. The first-order chi connectivity index (χ1) is 12.6. The molecule has 0 bridgehead atoms. The van der Waals surface area contributed by atoms with Crippen LogP contribution in [0.15, 0.2) is 60.8 Å². The number of ether oxygens (including phenoxy) is 1. The number of para-hydroxylation sites is 1. The monoisotopic (exact) mass is 344 g/mol. The van der Waals surface area contributed by atoms with Crippen LogP contribution in [0.2, 0.25) is 0 Å². The van der Waals surface area contributed by atoms with Crippen molar-refractivity contribution in [1.29, 1.82) is 5.26 Å². The number of ketones is 1. The number of hydrogen-bond donors (Lipinski definition) is 1. The summed E-state index contributed by atoms with van der Waals surface area (Å²) < 4.78 is 5.21. The average Bonchev–Trinajstić information content (AvgIpc) is 3.10. The highest BCUT2D eigenvalue weighted by atomic mass is 16.5. The lowest BCUT2D eigenvalue weighted by molar-refractivity contribution is -0.140. The number of carbonyl (C=O) groups excluding carboxylic acids is 2. The number of esters is 1. The molecule has 1 atom stereocenters. The maximum atomic E-state index is 12.5. The van der Waals surface area contributed by atoms with Gasteiger partial charge in [0.1, 0.15) is 0 Å². The highest BCUT2D eigenvalue weighted by molar-refractivity contribution is 6.10. The van der Waals surface area contributed by atoms with Gasteiger partial charge in [0, 0.05) is 28.7 Å². The quantitative estimate of drug-likeness (QED) is 0.433. The maximum Gasteiger partial charge on any atom is 0.331 e. The number of nitrogens with zero attached hydrogens (tertiary/aromatic N) is 1. The molecule has 0 aliphatic carbocycles. The summed E-state index contributed by atoms with van der Waals surface area (Å²) in [6.07, 6.45) is 3.57. The van der Waals surface area contributed by atoms with E-state index in [1.165, 1.54) is 6.08 Å². The molecule has 0 saturated heterocycles. The van der Waals surface area contributed by atoms with E-state index >= 15 is 0 Å². The summed E-state index contributed by atoms with van der Waals surface area (Å²) >= 11 is 0. The SMILES string of the molecule is C[C@@H](OC(=O)/C=C/c1ccc(C#N)cc1)C(=O)c1c[nH]c2ccccc12. The van der Waals surface area contributed by atoms with E-state index in [0.717, 1.165) is 16.5 Å². The van der Waals surface area contributed by atoms with Gasteiger partial charge in [0.25, 0.3) is 0 Å². The third-order valence-electron chi connectivity index (χ3n) is 3.97. The predicted octanol–water partition coefficient (Wildman–Crippen LogP) is 3.87. The van der Waals surface area contributed by atoms with Crippen molar-refractivity contribution in [2.45, 2.75) is 13.0 Å². The number of rotatable bonds is 5. The molecule has 1 N–H and O–H groups in total. The van der Waals surface area contributed by atoms with Crippen molar-refractivity contribution in [3.8, 4) is 6.07 Å². The van der Waals surface area contributed by atoms with Gasteiger partial charge in [-0.05, 0) is 36.8 Å². The van der Waals surface area contributed by atoms with Crippen LogP contribution in [-0.2, 0) is 9.53 Å². The van der Waals surface area contributed by atoms with Crippen LogP contribution in [0.5, 0.6) is 0 Å². The zero-order chi connectivity index (χ0) is 18.5. The Morgan fingerprint density at radius 3 is 2.62 bits per heavy atom. The number of H-pyrrole nitrogens is 1. The minimum absolute atomic E-state index is 0.262. The van der Waals surface area contributed by atoms with Crippen molar-refractivity contribution in [3.05, 3.63) is 77.5 Å². The van der Waals surface area contributed by atoms with Gasteiger partial charge in [0.15, 0.2) is 6.10 Å². The van der Waals surface area contributed by atoms with Crippen LogP contribution >= 0.6 is 0 Å². The van der Waals surface area contributed by atoms with Gasteiger partial charge in [-0.3, -0.25) is 4.79 Å². The van der Waals surface area contributed by atoms with E-state index in [0.29, 0.717) is 11.1 Å². The van der Waals surface area contributed by atoms with Gasteiger partial charge in [-0.2, -0.15) is 5.26 Å².